The van der Waals surface area contributed by atoms with E-state index in [9.17, 15) is 15.2 Å². The van der Waals surface area contributed by atoms with Crippen LogP contribution in [0.3, 0.4) is 0 Å². The Kier molecular flexibility index (Phi) is 3.30. The maximum atomic E-state index is 10.8. The number of benzene rings is 1. The number of hydrogen-bond donors (Lipinski definition) is 2. The molecular formula is C12H14N4O3. The lowest BCUT2D eigenvalue weighted by Gasteiger charge is -2.18. The van der Waals surface area contributed by atoms with E-state index in [1.54, 1.807) is 19.9 Å². The van der Waals surface area contributed by atoms with Crippen molar-refractivity contribution in [2.45, 2.75) is 19.4 Å². The van der Waals surface area contributed by atoms with E-state index in [0.717, 1.165) is 0 Å². The molecule has 0 radical (unpaired) electrons. The lowest BCUT2D eigenvalue weighted by Crippen LogP contribution is -2.29. The Bertz CT molecular complexity index is 622. The van der Waals surface area contributed by atoms with Gasteiger partial charge in [-0.25, -0.2) is 9.97 Å². The molecule has 19 heavy (non-hydrogen) atoms. The van der Waals surface area contributed by atoms with Crippen LogP contribution >= 0.6 is 0 Å². The summed E-state index contributed by atoms with van der Waals surface area (Å²) in [5.41, 5.74) is -0.315. The summed E-state index contributed by atoms with van der Waals surface area (Å²) >= 11 is 0. The summed E-state index contributed by atoms with van der Waals surface area (Å²) in [5, 5.41) is 24.0. The quantitative estimate of drug-likeness (QED) is 0.642. The number of nitrogens with zero attached hydrogens (tertiary/aromatic N) is 3. The van der Waals surface area contributed by atoms with Gasteiger partial charge in [0.15, 0.2) is 0 Å². The van der Waals surface area contributed by atoms with E-state index < -0.39 is 10.5 Å². The van der Waals surface area contributed by atoms with E-state index in [1.807, 2.05) is 0 Å². The van der Waals surface area contributed by atoms with E-state index in [4.69, 9.17) is 0 Å². The van der Waals surface area contributed by atoms with Crippen LogP contribution < -0.4 is 5.32 Å². The minimum atomic E-state index is -0.905. The van der Waals surface area contributed by atoms with Crippen LogP contribution in [-0.4, -0.2) is 32.1 Å². The van der Waals surface area contributed by atoms with E-state index in [1.165, 1.54) is 18.5 Å². The van der Waals surface area contributed by atoms with Crippen LogP contribution in [0.15, 0.2) is 24.5 Å². The predicted molar refractivity (Wildman–Crippen MR) is 71.0 cm³/mol. The van der Waals surface area contributed by atoms with Gasteiger partial charge in [-0.1, -0.05) is 0 Å². The molecule has 2 rings (SSSR count). The first-order valence-corrected chi connectivity index (χ1v) is 5.72. The van der Waals surface area contributed by atoms with Gasteiger partial charge in [-0.2, -0.15) is 0 Å². The summed E-state index contributed by atoms with van der Waals surface area (Å²) in [4.78, 5) is 18.4. The summed E-state index contributed by atoms with van der Waals surface area (Å²) in [7, 11) is 0. The SMILES string of the molecule is CC(C)(O)CNc1ncnc2ccc([N+](=O)[O-])cc12. The van der Waals surface area contributed by atoms with Gasteiger partial charge in [0.05, 0.1) is 16.0 Å². The van der Waals surface area contributed by atoms with Gasteiger partial charge < -0.3 is 10.4 Å². The molecule has 7 nitrogen and oxygen atoms in total. The smallest absolute Gasteiger partial charge is 0.270 e. The third kappa shape index (κ3) is 3.14. The van der Waals surface area contributed by atoms with Crippen molar-refractivity contribution in [3.63, 3.8) is 0 Å². The minimum Gasteiger partial charge on any atom is -0.389 e. The first-order valence-electron chi connectivity index (χ1n) is 5.72. The molecule has 0 saturated carbocycles. The second kappa shape index (κ2) is 4.77. The normalized spacial score (nSPS) is 11.5. The number of non-ortho nitro benzene ring substituents is 1. The molecule has 0 aliphatic rings. The molecule has 0 atom stereocenters. The predicted octanol–water partition coefficient (Wildman–Crippen LogP) is 1.72. The van der Waals surface area contributed by atoms with Crippen molar-refractivity contribution in [3.8, 4) is 0 Å². The van der Waals surface area contributed by atoms with Gasteiger partial charge in [0.1, 0.15) is 12.1 Å². The molecule has 0 amide bonds. The van der Waals surface area contributed by atoms with Crippen molar-refractivity contribution in [2.75, 3.05) is 11.9 Å². The molecule has 0 bridgehead atoms. The highest BCUT2D eigenvalue weighted by atomic mass is 16.6. The van der Waals surface area contributed by atoms with Crippen molar-refractivity contribution in [1.82, 2.24) is 9.97 Å². The summed E-state index contributed by atoms with van der Waals surface area (Å²) in [6, 6.07) is 4.39. The van der Waals surface area contributed by atoms with E-state index >= 15 is 0 Å². The van der Waals surface area contributed by atoms with Crippen LogP contribution in [0, 0.1) is 10.1 Å². The molecule has 1 aromatic heterocycles. The number of nitro groups is 1. The highest BCUT2D eigenvalue weighted by molar-refractivity contribution is 5.90. The maximum Gasteiger partial charge on any atom is 0.270 e. The number of aliphatic hydroxyl groups is 1. The zero-order chi connectivity index (χ0) is 14.0. The summed E-state index contributed by atoms with van der Waals surface area (Å²) < 4.78 is 0. The molecule has 0 saturated heterocycles. The van der Waals surface area contributed by atoms with Gasteiger partial charge in [0, 0.05) is 24.1 Å². The number of fused-ring (bicyclic) bond motifs is 1. The Labute approximate surface area is 109 Å². The molecule has 0 unspecified atom stereocenters. The lowest BCUT2D eigenvalue weighted by molar-refractivity contribution is -0.384. The first-order chi connectivity index (χ1) is 8.87. The van der Waals surface area contributed by atoms with Crippen LogP contribution in [0.1, 0.15) is 13.8 Å². The topological polar surface area (TPSA) is 101 Å². The second-order valence-corrected chi connectivity index (χ2v) is 4.85. The Morgan fingerprint density at radius 2 is 2.16 bits per heavy atom. The summed E-state index contributed by atoms with van der Waals surface area (Å²) in [5.74, 6) is 0.468. The monoisotopic (exact) mass is 262 g/mol. The number of anilines is 1. The molecule has 2 aromatic rings. The second-order valence-electron chi connectivity index (χ2n) is 4.85. The van der Waals surface area contributed by atoms with Crippen LogP contribution in [-0.2, 0) is 0 Å². The van der Waals surface area contributed by atoms with Crippen molar-refractivity contribution in [3.05, 3.63) is 34.6 Å². The zero-order valence-electron chi connectivity index (χ0n) is 10.6. The lowest BCUT2D eigenvalue weighted by atomic mass is 10.1. The molecular weight excluding hydrogens is 248 g/mol. The van der Waals surface area contributed by atoms with Gasteiger partial charge in [-0.15, -0.1) is 0 Å². The fourth-order valence-corrected chi connectivity index (χ4v) is 1.60. The Morgan fingerprint density at radius 3 is 2.79 bits per heavy atom. The third-order valence-corrected chi connectivity index (χ3v) is 2.52. The number of nitro benzene ring substituents is 1. The molecule has 0 aliphatic heterocycles. The number of hydrogen-bond acceptors (Lipinski definition) is 6. The molecule has 0 aliphatic carbocycles. The van der Waals surface area contributed by atoms with Gasteiger partial charge in [0.25, 0.3) is 5.69 Å². The van der Waals surface area contributed by atoms with Crippen molar-refractivity contribution in [1.29, 1.82) is 0 Å². The minimum absolute atomic E-state index is 0.0198. The Hall–Kier alpha value is -2.28. The highest BCUT2D eigenvalue weighted by Crippen LogP contribution is 2.24. The van der Waals surface area contributed by atoms with E-state index in [-0.39, 0.29) is 12.2 Å². The molecule has 0 fully saturated rings. The van der Waals surface area contributed by atoms with Crippen LogP contribution in [0.25, 0.3) is 10.9 Å². The average molecular weight is 262 g/mol. The fraction of sp³-hybridized carbons (Fsp3) is 0.333. The van der Waals surface area contributed by atoms with E-state index in [2.05, 4.69) is 15.3 Å². The zero-order valence-corrected chi connectivity index (χ0v) is 10.6. The van der Waals surface area contributed by atoms with Crippen molar-refractivity contribution < 1.29 is 10.0 Å². The maximum absolute atomic E-state index is 10.8. The largest absolute Gasteiger partial charge is 0.389 e. The molecule has 0 spiro atoms. The third-order valence-electron chi connectivity index (χ3n) is 2.52. The number of nitrogens with one attached hydrogen (secondary N) is 1. The van der Waals surface area contributed by atoms with Gasteiger partial charge in [-0.05, 0) is 19.9 Å². The molecule has 100 valence electrons. The van der Waals surface area contributed by atoms with Gasteiger partial charge >= 0.3 is 0 Å². The highest BCUT2D eigenvalue weighted by Gasteiger charge is 2.15. The molecule has 7 heteroatoms. The van der Waals surface area contributed by atoms with Crippen LogP contribution in [0.5, 0.6) is 0 Å². The standard InChI is InChI=1S/C12H14N4O3/c1-12(2,17)6-13-11-9-5-8(16(18)19)3-4-10(9)14-7-15-11/h3-5,7,17H,6H2,1-2H3,(H,13,14,15). The van der Waals surface area contributed by atoms with Crippen molar-refractivity contribution in [2.24, 2.45) is 0 Å². The van der Waals surface area contributed by atoms with Crippen LogP contribution in [0.4, 0.5) is 11.5 Å². The Balaban J connectivity index is 2.42. The molecule has 2 N–H and O–H groups in total. The van der Waals surface area contributed by atoms with Gasteiger partial charge in [-0.3, -0.25) is 10.1 Å². The molecule has 1 aromatic carbocycles. The fourth-order valence-electron chi connectivity index (χ4n) is 1.60. The van der Waals surface area contributed by atoms with Gasteiger partial charge in [0.2, 0.25) is 0 Å². The first kappa shape index (κ1) is 13.2. The van der Waals surface area contributed by atoms with Crippen LogP contribution in [0.2, 0.25) is 0 Å². The Morgan fingerprint density at radius 1 is 1.42 bits per heavy atom. The summed E-state index contributed by atoms with van der Waals surface area (Å²) in [6.07, 6.45) is 1.38. The van der Waals surface area contributed by atoms with E-state index in [0.29, 0.717) is 16.7 Å². The number of aromatic nitrogens is 2. The average Bonchev–Trinajstić information content (AvgIpc) is 2.34. The molecule has 1 heterocycles. The summed E-state index contributed by atoms with van der Waals surface area (Å²) in [6.45, 7) is 3.60. The van der Waals surface area contributed by atoms with Crippen molar-refractivity contribution >= 4 is 22.4 Å². The number of rotatable bonds is 4.